The standard InChI is InChI=1S/C25H37N5O3/c1-17-11-21(12-18(2)33-17)16-28-7-3-19(4-8-28)13-20-5-10-30-22(14-20)23(15-26-30)29-9-6-24(31)27-25(29)32/h5,10,14-15,17-19,21,25,32H,3-4,6-9,11-13,16H2,1-2H3,(H,27,31)/t17-,18+,21?,25?. The Morgan fingerprint density at radius 3 is 2.64 bits per heavy atom. The summed E-state index contributed by atoms with van der Waals surface area (Å²) in [5.41, 5.74) is 3.15. The first kappa shape index (κ1) is 22.6. The molecule has 0 bridgehead atoms. The van der Waals surface area contributed by atoms with Crippen LogP contribution in [-0.4, -0.2) is 70.3 Å². The average Bonchev–Trinajstić information content (AvgIpc) is 3.17. The molecule has 33 heavy (non-hydrogen) atoms. The number of piperidine rings is 1. The molecule has 5 heterocycles. The van der Waals surface area contributed by atoms with Crippen LogP contribution in [0.5, 0.6) is 0 Å². The molecule has 2 aromatic heterocycles. The number of anilines is 1. The van der Waals surface area contributed by atoms with Crippen LogP contribution >= 0.6 is 0 Å². The van der Waals surface area contributed by atoms with E-state index >= 15 is 0 Å². The SMILES string of the molecule is C[C@@H]1CC(CN2CCC(Cc3ccn4ncc(N5CCC(=O)NC5O)c4c3)CC2)C[C@H](C)O1. The molecule has 8 nitrogen and oxygen atoms in total. The van der Waals surface area contributed by atoms with Crippen LogP contribution in [0.4, 0.5) is 5.69 Å². The van der Waals surface area contributed by atoms with Crippen LogP contribution in [0.15, 0.2) is 24.5 Å². The molecular weight excluding hydrogens is 418 g/mol. The molecule has 0 aliphatic carbocycles. The van der Waals surface area contributed by atoms with Gasteiger partial charge in [-0.3, -0.25) is 4.79 Å². The van der Waals surface area contributed by atoms with Crippen molar-refractivity contribution >= 4 is 17.1 Å². The Bertz CT molecular complexity index is 960. The summed E-state index contributed by atoms with van der Waals surface area (Å²) in [7, 11) is 0. The first-order valence-corrected chi connectivity index (χ1v) is 12.5. The van der Waals surface area contributed by atoms with Crippen LogP contribution in [0.25, 0.3) is 5.52 Å². The van der Waals surface area contributed by atoms with Crippen LogP contribution in [-0.2, 0) is 16.0 Å². The third-order valence-electron chi connectivity index (χ3n) is 7.58. The first-order valence-electron chi connectivity index (χ1n) is 12.5. The summed E-state index contributed by atoms with van der Waals surface area (Å²) < 4.78 is 7.76. The number of amides is 1. The van der Waals surface area contributed by atoms with Gasteiger partial charge in [0.05, 0.1) is 29.6 Å². The van der Waals surface area contributed by atoms with Gasteiger partial charge >= 0.3 is 0 Å². The minimum atomic E-state index is -1.01. The van der Waals surface area contributed by atoms with Crippen LogP contribution in [0, 0.1) is 11.8 Å². The molecule has 1 amide bonds. The van der Waals surface area contributed by atoms with E-state index in [0.717, 1.165) is 23.5 Å². The number of carbonyl (C=O) groups excluding carboxylic acids is 1. The number of aliphatic hydroxyl groups excluding tert-OH is 1. The smallest absolute Gasteiger partial charge is 0.225 e. The quantitative estimate of drug-likeness (QED) is 0.721. The largest absolute Gasteiger partial charge is 0.376 e. The fraction of sp³-hybridized carbons (Fsp3) is 0.680. The number of likely N-dealkylation sites (tertiary alicyclic amines) is 1. The zero-order valence-electron chi connectivity index (χ0n) is 19.8. The summed E-state index contributed by atoms with van der Waals surface area (Å²) in [5.74, 6) is 1.34. The highest BCUT2D eigenvalue weighted by atomic mass is 16.5. The molecule has 4 atom stereocenters. The Morgan fingerprint density at radius 2 is 1.91 bits per heavy atom. The predicted molar refractivity (Wildman–Crippen MR) is 127 cm³/mol. The van der Waals surface area contributed by atoms with Gasteiger partial charge in [0.2, 0.25) is 12.3 Å². The summed E-state index contributed by atoms with van der Waals surface area (Å²) in [6, 6.07) is 4.36. The van der Waals surface area contributed by atoms with E-state index in [2.05, 4.69) is 41.3 Å². The lowest BCUT2D eigenvalue weighted by Crippen LogP contribution is -2.54. The molecule has 0 spiro atoms. The van der Waals surface area contributed by atoms with Crippen LogP contribution in [0.3, 0.4) is 0 Å². The van der Waals surface area contributed by atoms with Gasteiger partial charge in [-0.25, -0.2) is 4.52 Å². The number of ether oxygens (including phenoxy) is 1. The molecule has 0 saturated carbocycles. The third-order valence-corrected chi connectivity index (χ3v) is 7.58. The van der Waals surface area contributed by atoms with Crippen molar-refractivity contribution in [1.82, 2.24) is 19.8 Å². The zero-order valence-corrected chi connectivity index (χ0v) is 19.8. The fourth-order valence-electron chi connectivity index (χ4n) is 6.01. The van der Waals surface area contributed by atoms with Gasteiger partial charge in [-0.2, -0.15) is 5.10 Å². The number of pyridine rings is 1. The molecule has 0 aromatic carbocycles. The van der Waals surface area contributed by atoms with E-state index < -0.39 is 6.35 Å². The summed E-state index contributed by atoms with van der Waals surface area (Å²) in [5, 5.41) is 17.4. The van der Waals surface area contributed by atoms with E-state index in [4.69, 9.17) is 4.74 Å². The normalized spacial score (nSPS) is 30.0. The Balaban J connectivity index is 1.18. The molecule has 3 fully saturated rings. The van der Waals surface area contributed by atoms with Gasteiger partial charge in [0.1, 0.15) is 0 Å². The van der Waals surface area contributed by atoms with Crippen molar-refractivity contribution < 1.29 is 14.6 Å². The second-order valence-corrected chi connectivity index (χ2v) is 10.3. The van der Waals surface area contributed by atoms with Crippen molar-refractivity contribution in [2.24, 2.45) is 11.8 Å². The van der Waals surface area contributed by atoms with E-state index in [-0.39, 0.29) is 5.91 Å². The van der Waals surface area contributed by atoms with Crippen LogP contribution in [0.1, 0.15) is 51.5 Å². The number of nitrogens with one attached hydrogen (secondary N) is 1. The van der Waals surface area contributed by atoms with E-state index in [9.17, 15) is 9.90 Å². The molecule has 3 saturated heterocycles. The third kappa shape index (κ3) is 5.18. The lowest BCUT2D eigenvalue weighted by Gasteiger charge is -2.38. The minimum Gasteiger partial charge on any atom is -0.376 e. The molecule has 0 radical (unpaired) electrons. The van der Waals surface area contributed by atoms with E-state index in [0.29, 0.717) is 31.1 Å². The maximum Gasteiger partial charge on any atom is 0.225 e. The van der Waals surface area contributed by atoms with Gasteiger partial charge in [-0.05, 0) is 88.6 Å². The molecule has 180 valence electrons. The predicted octanol–water partition coefficient (Wildman–Crippen LogP) is 2.39. The topological polar surface area (TPSA) is 82.3 Å². The lowest BCUT2D eigenvalue weighted by molar-refractivity contribution is -0.125. The van der Waals surface area contributed by atoms with Gasteiger partial charge in [-0.1, -0.05) is 0 Å². The highest BCUT2D eigenvalue weighted by Crippen LogP contribution is 2.30. The van der Waals surface area contributed by atoms with E-state index in [1.807, 2.05) is 15.6 Å². The number of carbonyl (C=O) groups is 1. The molecule has 8 heteroatoms. The van der Waals surface area contributed by atoms with Crippen LogP contribution in [0.2, 0.25) is 0 Å². The number of rotatable bonds is 5. The summed E-state index contributed by atoms with van der Waals surface area (Å²) >= 11 is 0. The van der Waals surface area contributed by atoms with E-state index in [1.165, 1.54) is 50.9 Å². The number of fused-ring (bicyclic) bond motifs is 1. The van der Waals surface area contributed by atoms with Crippen molar-refractivity contribution in [3.63, 3.8) is 0 Å². The first-order chi connectivity index (χ1) is 15.9. The minimum absolute atomic E-state index is 0.122. The van der Waals surface area contributed by atoms with Gasteiger partial charge in [0, 0.05) is 25.7 Å². The number of aromatic nitrogens is 2. The maximum atomic E-state index is 11.6. The highest BCUT2D eigenvalue weighted by Gasteiger charge is 2.29. The molecular formula is C25H37N5O3. The van der Waals surface area contributed by atoms with Gasteiger partial charge in [0.25, 0.3) is 0 Å². The van der Waals surface area contributed by atoms with Gasteiger partial charge in [0.15, 0.2) is 0 Å². The van der Waals surface area contributed by atoms with Crippen LogP contribution < -0.4 is 10.2 Å². The molecule has 3 aliphatic heterocycles. The van der Waals surface area contributed by atoms with Crippen molar-refractivity contribution in [2.45, 2.75) is 70.9 Å². The Kier molecular flexibility index (Phi) is 6.58. The second kappa shape index (κ2) is 9.60. The Morgan fingerprint density at radius 1 is 1.15 bits per heavy atom. The Labute approximate surface area is 195 Å². The van der Waals surface area contributed by atoms with Gasteiger partial charge < -0.3 is 25.0 Å². The number of hydrogen-bond donors (Lipinski definition) is 2. The highest BCUT2D eigenvalue weighted by molar-refractivity contribution is 5.81. The molecule has 2 unspecified atom stereocenters. The summed E-state index contributed by atoms with van der Waals surface area (Å²) in [4.78, 5) is 16.0. The van der Waals surface area contributed by atoms with Crippen molar-refractivity contribution in [3.8, 4) is 0 Å². The van der Waals surface area contributed by atoms with Crippen molar-refractivity contribution in [3.05, 3.63) is 30.1 Å². The molecule has 5 rings (SSSR count). The maximum absolute atomic E-state index is 11.6. The number of nitrogens with zero attached hydrogens (tertiary/aromatic N) is 4. The Hall–Kier alpha value is -2.16. The van der Waals surface area contributed by atoms with Gasteiger partial charge in [-0.15, -0.1) is 0 Å². The summed E-state index contributed by atoms with van der Waals surface area (Å²) in [6.45, 7) is 8.49. The number of hydrogen-bond acceptors (Lipinski definition) is 6. The average molecular weight is 456 g/mol. The zero-order chi connectivity index (χ0) is 22.9. The van der Waals surface area contributed by atoms with E-state index in [1.54, 1.807) is 6.20 Å². The monoisotopic (exact) mass is 455 g/mol. The second-order valence-electron chi connectivity index (χ2n) is 10.3. The van der Waals surface area contributed by atoms with Crippen molar-refractivity contribution in [2.75, 3.05) is 31.1 Å². The van der Waals surface area contributed by atoms with Crippen molar-refractivity contribution in [1.29, 1.82) is 0 Å². The molecule has 2 aromatic rings. The molecule has 2 N–H and O–H groups in total. The lowest BCUT2D eigenvalue weighted by atomic mass is 9.88. The molecule has 3 aliphatic rings. The summed E-state index contributed by atoms with van der Waals surface area (Å²) in [6.07, 6.45) is 9.85. The number of aliphatic hydroxyl groups is 1. The fourth-order valence-corrected chi connectivity index (χ4v) is 6.01.